The van der Waals surface area contributed by atoms with E-state index in [1.165, 1.54) is 16.7 Å². The van der Waals surface area contributed by atoms with Crippen molar-refractivity contribution in [3.63, 3.8) is 0 Å². The maximum atomic E-state index is 10.4. The smallest absolute Gasteiger partial charge is 0.0982 e. The summed E-state index contributed by atoms with van der Waals surface area (Å²) >= 11 is 0. The summed E-state index contributed by atoms with van der Waals surface area (Å²) in [6, 6.07) is 0. The second-order valence-corrected chi connectivity index (χ2v) is 14.3. The van der Waals surface area contributed by atoms with Gasteiger partial charge in [0.15, 0.2) is 0 Å². The summed E-state index contributed by atoms with van der Waals surface area (Å²) in [4.78, 5) is 0. The minimum Gasteiger partial charge on any atom is -0.393 e. The van der Waals surface area contributed by atoms with Gasteiger partial charge in [0, 0.05) is 17.4 Å². The fourth-order valence-corrected chi connectivity index (χ4v) is 6.84. The molecule has 4 unspecified atom stereocenters. The van der Waals surface area contributed by atoms with E-state index in [1.807, 2.05) is 19.1 Å². The first-order valence-corrected chi connectivity index (χ1v) is 15.7. The fourth-order valence-electron chi connectivity index (χ4n) is 6.84. The van der Waals surface area contributed by atoms with Gasteiger partial charge in [-0.1, -0.05) is 117 Å². The lowest BCUT2D eigenvalue weighted by Crippen LogP contribution is -2.45. The molecule has 0 bridgehead atoms. The molecule has 0 amide bonds. The number of hydrogen-bond donors (Lipinski definition) is 2. The monoisotopic (exact) mass is 582 g/mol. The molecule has 0 aromatic carbocycles. The van der Waals surface area contributed by atoms with E-state index in [-0.39, 0.29) is 34.7 Å². The number of hydrogen-bond acceptors (Lipinski definition) is 3. The molecule has 0 spiro atoms. The summed E-state index contributed by atoms with van der Waals surface area (Å²) in [6.07, 6.45) is 25.4. The fraction of sp³-hybridized carbons (Fsp3) is 0.500. The highest BCUT2D eigenvalue weighted by atomic mass is 16.5. The predicted octanol–water partition coefficient (Wildman–Crippen LogP) is 9.21. The second kappa shape index (κ2) is 14.3. The zero-order chi connectivity index (χ0) is 32.0. The predicted molar refractivity (Wildman–Crippen MR) is 182 cm³/mol. The molecule has 0 aromatic heterocycles. The van der Waals surface area contributed by atoms with Crippen LogP contribution in [0.25, 0.3) is 0 Å². The minimum atomic E-state index is -0.384. The third kappa shape index (κ3) is 9.54. The van der Waals surface area contributed by atoms with Gasteiger partial charge in [-0.15, -0.1) is 0 Å². The molecule has 1 heterocycles. The molecular formula is C40H54O3. The van der Waals surface area contributed by atoms with Crippen LogP contribution in [0.15, 0.2) is 106 Å². The standard InChI is InChI=1S/C40H54O3/c1-28(17-13-18-30(3)21-22-35-32(5)23-33(41)25-38(35,6)7)15-11-12-16-29(2)19-14-20-31(4)36-24-37-39(8,9)26-34(42)27-40(37,10)43-36/h11-20,24,33-34,36,41-42H,23,25-27H2,1-10H3/b12-11+,17-13+,19-14+,28-15+,29-16+,30-18+,31-20+. The van der Waals surface area contributed by atoms with E-state index in [0.29, 0.717) is 6.42 Å². The molecule has 3 heteroatoms. The van der Waals surface area contributed by atoms with Crippen LogP contribution in [-0.2, 0) is 4.74 Å². The molecular weight excluding hydrogens is 528 g/mol. The van der Waals surface area contributed by atoms with Gasteiger partial charge in [-0.3, -0.25) is 0 Å². The largest absolute Gasteiger partial charge is 0.393 e. The molecule has 1 fully saturated rings. The van der Waals surface area contributed by atoms with E-state index in [4.69, 9.17) is 4.74 Å². The van der Waals surface area contributed by atoms with Gasteiger partial charge >= 0.3 is 0 Å². The number of aliphatic hydroxyl groups is 2. The van der Waals surface area contributed by atoms with E-state index in [9.17, 15) is 10.2 Å². The average Bonchev–Trinajstić information content (AvgIpc) is 3.23. The molecule has 232 valence electrons. The Morgan fingerprint density at radius 3 is 1.98 bits per heavy atom. The van der Waals surface area contributed by atoms with Gasteiger partial charge in [0.1, 0.15) is 0 Å². The van der Waals surface area contributed by atoms with Crippen molar-refractivity contribution in [2.45, 2.75) is 119 Å². The van der Waals surface area contributed by atoms with Crippen LogP contribution >= 0.6 is 0 Å². The molecule has 0 saturated heterocycles. The Kier molecular flexibility index (Phi) is 11.5. The first-order valence-electron chi connectivity index (χ1n) is 15.7. The molecule has 0 radical (unpaired) electrons. The van der Waals surface area contributed by atoms with Crippen LogP contribution in [0.5, 0.6) is 0 Å². The van der Waals surface area contributed by atoms with Gasteiger partial charge in [0.05, 0.1) is 23.9 Å². The van der Waals surface area contributed by atoms with Gasteiger partial charge < -0.3 is 14.9 Å². The van der Waals surface area contributed by atoms with Crippen LogP contribution in [0.1, 0.15) is 94.9 Å². The van der Waals surface area contributed by atoms with Crippen molar-refractivity contribution in [3.8, 4) is 11.8 Å². The molecule has 1 aliphatic heterocycles. The Hall–Kier alpha value is -2.90. The zero-order valence-electron chi connectivity index (χ0n) is 28.2. The Morgan fingerprint density at radius 2 is 1.37 bits per heavy atom. The van der Waals surface area contributed by atoms with Gasteiger partial charge in [-0.05, 0) is 89.0 Å². The Balaban J connectivity index is 1.53. The van der Waals surface area contributed by atoms with Gasteiger partial charge in [0.2, 0.25) is 0 Å². The summed E-state index contributed by atoms with van der Waals surface area (Å²) in [7, 11) is 0. The van der Waals surface area contributed by atoms with Crippen LogP contribution in [0.3, 0.4) is 0 Å². The molecule has 43 heavy (non-hydrogen) atoms. The molecule has 3 aliphatic rings. The number of fused-ring (bicyclic) bond motifs is 1. The summed E-state index contributed by atoms with van der Waals surface area (Å²) in [5.41, 5.74) is 7.67. The quantitative estimate of drug-likeness (QED) is 0.179. The number of allylic oxidation sites excluding steroid dienone is 14. The van der Waals surface area contributed by atoms with Crippen molar-refractivity contribution in [2.24, 2.45) is 10.8 Å². The van der Waals surface area contributed by atoms with Crippen molar-refractivity contribution >= 4 is 0 Å². The SMILES string of the molecule is CC1=C(C#C/C(C)=C/C=C/C(C)=C/C=C/C=C(C)/C=C/C=C(\C)C2C=C3C(C)(C)CC(O)CC3(C)O2)C(C)(C)CC(O)C1. The Morgan fingerprint density at radius 1 is 0.791 bits per heavy atom. The highest BCUT2D eigenvalue weighted by Crippen LogP contribution is 2.52. The highest BCUT2D eigenvalue weighted by Gasteiger charge is 2.50. The molecule has 2 N–H and O–H groups in total. The summed E-state index contributed by atoms with van der Waals surface area (Å²) < 4.78 is 6.46. The van der Waals surface area contributed by atoms with Crippen LogP contribution in [0, 0.1) is 22.7 Å². The van der Waals surface area contributed by atoms with Crippen LogP contribution in [0.4, 0.5) is 0 Å². The maximum Gasteiger partial charge on any atom is 0.0982 e. The lowest BCUT2D eigenvalue weighted by Gasteiger charge is -2.44. The third-order valence-corrected chi connectivity index (χ3v) is 8.85. The van der Waals surface area contributed by atoms with Crippen molar-refractivity contribution in [2.75, 3.05) is 0 Å². The average molecular weight is 583 g/mol. The second-order valence-electron chi connectivity index (χ2n) is 14.3. The van der Waals surface area contributed by atoms with E-state index in [2.05, 4.69) is 129 Å². The number of ether oxygens (including phenoxy) is 1. The summed E-state index contributed by atoms with van der Waals surface area (Å²) in [5.74, 6) is 6.68. The summed E-state index contributed by atoms with van der Waals surface area (Å²) in [6.45, 7) is 21.3. The van der Waals surface area contributed by atoms with Gasteiger partial charge in [0.25, 0.3) is 0 Å². The van der Waals surface area contributed by atoms with E-state index < -0.39 is 0 Å². The molecule has 3 rings (SSSR count). The number of aliphatic hydroxyl groups excluding tert-OH is 2. The van der Waals surface area contributed by atoms with Crippen molar-refractivity contribution in [3.05, 3.63) is 106 Å². The normalized spacial score (nSPS) is 30.2. The van der Waals surface area contributed by atoms with Crippen LogP contribution in [-0.4, -0.2) is 34.1 Å². The summed E-state index contributed by atoms with van der Waals surface area (Å²) in [5, 5.41) is 20.5. The first-order chi connectivity index (χ1) is 20.0. The van der Waals surface area contributed by atoms with Gasteiger partial charge in [-0.2, -0.15) is 0 Å². The van der Waals surface area contributed by atoms with Crippen molar-refractivity contribution < 1.29 is 14.9 Å². The van der Waals surface area contributed by atoms with E-state index >= 15 is 0 Å². The molecule has 1 saturated carbocycles. The van der Waals surface area contributed by atoms with Crippen molar-refractivity contribution in [1.29, 1.82) is 0 Å². The third-order valence-electron chi connectivity index (χ3n) is 8.85. The maximum absolute atomic E-state index is 10.4. The molecule has 4 atom stereocenters. The number of rotatable bonds is 7. The zero-order valence-corrected chi connectivity index (χ0v) is 28.2. The van der Waals surface area contributed by atoms with E-state index in [1.54, 1.807) is 0 Å². The topological polar surface area (TPSA) is 49.7 Å². The molecule has 3 nitrogen and oxygen atoms in total. The van der Waals surface area contributed by atoms with Crippen molar-refractivity contribution in [1.82, 2.24) is 0 Å². The van der Waals surface area contributed by atoms with Gasteiger partial charge in [-0.25, -0.2) is 0 Å². The van der Waals surface area contributed by atoms with E-state index in [0.717, 1.165) is 41.6 Å². The van der Waals surface area contributed by atoms with Crippen LogP contribution < -0.4 is 0 Å². The minimum absolute atomic E-state index is 0.0498. The Labute approximate surface area is 261 Å². The lowest BCUT2D eigenvalue weighted by atomic mass is 9.65. The molecule has 2 aliphatic carbocycles. The lowest BCUT2D eigenvalue weighted by molar-refractivity contribution is -0.0683. The Bertz CT molecular complexity index is 1390. The van der Waals surface area contributed by atoms with Crippen LogP contribution in [0.2, 0.25) is 0 Å². The highest BCUT2D eigenvalue weighted by molar-refractivity contribution is 5.45. The first kappa shape index (κ1) is 34.6. The molecule has 0 aromatic rings.